The summed E-state index contributed by atoms with van der Waals surface area (Å²) in [6, 6.07) is 32.8. The Labute approximate surface area is 238 Å². The lowest BCUT2D eigenvalue weighted by atomic mass is 9.85. The number of nitrogens with one attached hydrogen (secondary N) is 1. The summed E-state index contributed by atoms with van der Waals surface area (Å²) in [7, 11) is 0. The highest BCUT2D eigenvalue weighted by Gasteiger charge is 2.31. The molecule has 1 aliphatic heterocycles. The Morgan fingerprint density at radius 3 is 2.58 bits per heavy atom. The van der Waals surface area contributed by atoms with Crippen LogP contribution in [0.1, 0.15) is 47.7 Å². The van der Waals surface area contributed by atoms with Crippen molar-refractivity contribution in [2.24, 2.45) is 11.7 Å². The Hall–Kier alpha value is -3.67. The van der Waals surface area contributed by atoms with Gasteiger partial charge in [0.15, 0.2) is 0 Å². The molecule has 0 saturated carbocycles. The second-order valence-corrected chi connectivity index (χ2v) is 11.0. The summed E-state index contributed by atoms with van der Waals surface area (Å²) in [5.74, 6) is 1.41. The summed E-state index contributed by atoms with van der Waals surface area (Å²) in [4.78, 5) is 15.7. The third-order valence-corrected chi connectivity index (χ3v) is 8.04. The van der Waals surface area contributed by atoms with Gasteiger partial charge in [-0.2, -0.15) is 0 Å². The smallest absolute Gasteiger partial charge is 0.254 e. The van der Waals surface area contributed by atoms with Crippen LogP contribution < -0.4 is 15.8 Å². The number of para-hydroxylation sites is 1. The molecule has 1 saturated heterocycles. The normalized spacial score (nSPS) is 16.9. The van der Waals surface area contributed by atoms with Crippen LogP contribution in [0.4, 0.5) is 0 Å². The molecule has 208 valence electrons. The number of amides is 1. The predicted molar refractivity (Wildman–Crippen MR) is 164 cm³/mol. The second kappa shape index (κ2) is 13.6. The molecule has 2 unspecified atom stereocenters. The van der Waals surface area contributed by atoms with E-state index in [1.807, 2.05) is 65.6 Å². The van der Waals surface area contributed by atoms with Crippen molar-refractivity contribution in [1.82, 2.24) is 10.2 Å². The van der Waals surface area contributed by atoms with Gasteiger partial charge < -0.3 is 20.7 Å². The van der Waals surface area contributed by atoms with E-state index in [4.69, 9.17) is 10.5 Å². The number of ether oxygens (including phenoxy) is 1. The Kier molecular flexibility index (Phi) is 9.48. The Bertz CT molecular complexity index is 1380. The van der Waals surface area contributed by atoms with E-state index in [9.17, 15) is 4.79 Å². The molecule has 1 heterocycles. The van der Waals surface area contributed by atoms with Gasteiger partial charge in [0.25, 0.3) is 5.91 Å². The standard InChI is InChI=1S/C35H41N3O2/c1-2-11-28(22-30(36)23-29-15-7-9-19-34(29)40-25-26-12-4-3-5-13-26)33-24-38(21-20-37-33)35(39)32-18-10-16-27-14-6-8-17-31(27)32/h3-10,12-19,28,30,33,37H,2,11,20-25,36H2,1H3/t28?,30?,33-/m1/s1. The molecule has 4 aromatic rings. The molecule has 5 rings (SSSR count). The van der Waals surface area contributed by atoms with E-state index in [0.29, 0.717) is 19.1 Å². The fourth-order valence-corrected chi connectivity index (χ4v) is 6.02. The van der Waals surface area contributed by atoms with Crippen LogP contribution in [0.2, 0.25) is 0 Å². The lowest BCUT2D eigenvalue weighted by Gasteiger charge is -2.39. The van der Waals surface area contributed by atoms with E-state index >= 15 is 0 Å². The van der Waals surface area contributed by atoms with Gasteiger partial charge in [-0.25, -0.2) is 0 Å². The average Bonchev–Trinajstić information content (AvgIpc) is 3.00. The molecule has 5 heteroatoms. The highest BCUT2D eigenvalue weighted by atomic mass is 16.5. The van der Waals surface area contributed by atoms with Crippen molar-refractivity contribution in [3.8, 4) is 5.75 Å². The Morgan fingerprint density at radius 1 is 0.975 bits per heavy atom. The highest BCUT2D eigenvalue weighted by molar-refractivity contribution is 6.07. The van der Waals surface area contributed by atoms with Crippen molar-refractivity contribution >= 4 is 16.7 Å². The molecule has 0 bridgehead atoms. The number of benzene rings is 4. The minimum atomic E-state index is 0.00368. The second-order valence-electron chi connectivity index (χ2n) is 11.0. The average molecular weight is 536 g/mol. The fraction of sp³-hybridized carbons (Fsp3) is 0.343. The number of rotatable bonds is 11. The van der Waals surface area contributed by atoms with Crippen molar-refractivity contribution in [2.75, 3.05) is 19.6 Å². The molecule has 5 nitrogen and oxygen atoms in total. The number of hydrogen-bond donors (Lipinski definition) is 2. The maximum absolute atomic E-state index is 13.7. The maximum Gasteiger partial charge on any atom is 0.254 e. The minimum absolute atomic E-state index is 0.00368. The largest absolute Gasteiger partial charge is 0.489 e. The molecule has 40 heavy (non-hydrogen) atoms. The van der Waals surface area contributed by atoms with E-state index in [2.05, 4.69) is 48.6 Å². The summed E-state index contributed by atoms with van der Waals surface area (Å²) >= 11 is 0. The number of nitrogens with zero attached hydrogens (tertiary/aromatic N) is 1. The first-order chi connectivity index (χ1) is 19.6. The molecule has 0 radical (unpaired) electrons. The van der Waals surface area contributed by atoms with Crippen LogP contribution in [0, 0.1) is 5.92 Å². The first kappa shape index (κ1) is 27.9. The molecule has 1 aliphatic rings. The molecule has 0 spiro atoms. The van der Waals surface area contributed by atoms with Gasteiger partial charge in [0.1, 0.15) is 12.4 Å². The monoisotopic (exact) mass is 535 g/mol. The van der Waals surface area contributed by atoms with Crippen molar-refractivity contribution in [1.29, 1.82) is 0 Å². The maximum atomic E-state index is 13.7. The van der Waals surface area contributed by atoms with E-state index in [0.717, 1.165) is 72.0 Å². The molecule has 0 aromatic heterocycles. The van der Waals surface area contributed by atoms with Crippen LogP contribution in [0.15, 0.2) is 97.1 Å². The summed E-state index contributed by atoms with van der Waals surface area (Å²) in [6.07, 6.45) is 3.82. The minimum Gasteiger partial charge on any atom is -0.489 e. The van der Waals surface area contributed by atoms with Gasteiger partial charge in [-0.1, -0.05) is 98.3 Å². The molecule has 3 N–H and O–H groups in total. The van der Waals surface area contributed by atoms with Crippen LogP contribution in [0.5, 0.6) is 5.75 Å². The van der Waals surface area contributed by atoms with Crippen molar-refractivity contribution in [3.63, 3.8) is 0 Å². The SMILES string of the molecule is CCCC(CC(N)Cc1ccccc1OCc1ccccc1)[C@H]1CN(C(=O)c2cccc3ccccc23)CCN1. The zero-order valence-corrected chi connectivity index (χ0v) is 23.5. The third kappa shape index (κ3) is 6.90. The first-order valence-electron chi connectivity index (χ1n) is 14.6. The van der Waals surface area contributed by atoms with E-state index in [1.54, 1.807) is 0 Å². The number of carbonyl (C=O) groups excluding carboxylic acids is 1. The zero-order chi connectivity index (χ0) is 27.7. The molecular weight excluding hydrogens is 494 g/mol. The van der Waals surface area contributed by atoms with Gasteiger partial charge in [-0.05, 0) is 59.2 Å². The number of carbonyl (C=O) groups is 1. The summed E-state index contributed by atoms with van der Waals surface area (Å²) in [6.45, 7) is 4.99. The molecule has 0 aliphatic carbocycles. The number of piperazine rings is 1. The van der Waals surface area contributed by atoms with E-state index < -0.39 is 0 Å². The molecule has 1 amide bonds. The Morgan fingerprint density at radius 2 is 1.73 bits per heavy atom. The highest BCUT2D eigenvalue weighted by Crippen LogP contribution is 2.26. The van der Waals surface area contributed by atoms with Gasteiger partial charge in [-0.15, -0.1) is 0 Å². The zero-order valence-electron chi connectivity index (χ0n) is 23.5. The van der Waals surface area contributed by atoms with Crippen LogP contribution in [0.25, 0.3) is 10.8 Å². The summed E-state index contributed by atoms with van der Waals surface area (Å²) < 4.78 is 6.19. The lowest BCUT2D eigenvalue weighted by Crippen LogP contribution is -2.56. The van der Waals surface area contributed by atoms with Gasteiger partial charge in [0.2, 0.25) is 0 Å². The van der Waals surface area contributed by atoms with Gasteiger partial charge in [0, 0.05) is 37.3 Å². The number of hydrogen-bond acceptors (Lipinski definition) is 4. The van der Waals surface area contributed by atoms with Gasteiger partial charge in [0.05, 0.1) is 0 Å². The van der Waals surface area contributed by atoms with Gasteiger partial charge >= 0.3 is 0 Å². The van der Waals surface area contributed by atoms with Crippen LogP contribution >= 0.6 is 0 Å². The first-order valence-corrected chi connectivity index (χ1v) is 14.6. The number of nitrogens with two attached hydrogens (primary N) is 1. The van der Waals surface area contributed by atoms with Crippen LogP contribution in [-0.2, 0) is 13.0 Å². The lowest BCUT2D eigenvalue weighted by molar-refractivity contribution is 0.0667. The quantitative estimate of drug-likeness (QED) is 0.240. The molecular formula is C35H41N3O2. The third-order valence-electron chi connectivity index (χ3n) is 8.04. The predicted octanol–water partition coefficient (Wildman–Crippen LogP) is 6.21. The Balaban J connectivity index is 1.23. The van der Waals surface area contributed by atoms with E-state index in [-0.39, 0.29) is 18.0 Å². The topological polar surface area (TPSA) is 67.6 Å². The number of fused-ring (bicyclic) bond motifs is 1. The van der Waals surface area contributed by atoms with E-state index in [1.165, 1.54) is 0 Å². The van der Waals surface area contributed by atoms with Crippen LogP contribution in [-0.4, -0.2) is 42.5 Å². The van der Waals surface area contributed by atoms with Crippen molar-refractivity contribution in [2.45, 2.75) is 51.3 Å². The summed E-state index contributed by atoms with van der Waals surface area (Å²) in [5, 5.41) is 5.84. The van der Waals surface area contributed by atoms with Crippen molar-refractivity contribution < 1.29 is 9.53 Å². The molecule has 4 aromatic carbocycles. The fourth-order valence-electron chi connectivity index (χ4n) is 6.02. The van der Waals surface area contributed by atoms with Crippen LogP contribution in [0.3, 0.4) is 0 Å². The molecule has 3 atom stereocenters. The van der Waals surface area contributed by atoms with Gasteiger partial charge in [-0.3, -0.25) is 4.79 Å². The van der Waals surface area contributed by atoms with Crippen molar-refractivity contribution in [3.05, 3.63) is 114 Å². The molecule has 1 fully saturated rings. The summed E-state index contributed by atoms with van der Waals surface area (Å²) in [5.41, 5.74) is 9.88.